The lowest BCUT2D eigenvalue weighted by Gasteiger charge is -2.44. The number of aromatic nitrogens is 2. The summed E-state index contributed by atoms with van der Waals surface area (Å²) < 4.78 is 5.17. The first kappa shape index (κ1) is 69.3. The van der Waals surface area contributed by atoms with Crippen molar-refractivity contribution in [2.45, 2.75) is 183 Å². The first-order valence-electron chi connectivity index (χ1n) is 38.2. The maximum Gasteiger partial charge on any atom is 0.252 e. The van der Waals surface area contributed by atoms with Gasteiger partial charge in [0.25, 0.3) is 6.71 Å². The third kappa shape index (κ3) is 12.1. The lowest BCUT2D eigenvalue weighted by atomic mass is 9.33. The highest BCUT2D eigenvalue weighted by atomic mass is 15.2. The van der Waals surface area contributed by atoms with Gasteiger partial charge in [0, 0.05) is 67.0 Å². The average molecular weight is 1370 g/mol. The molecule has 2 aliphatic heterocycles. The molecule has 14 aromatic rings. The van der Waals surface area contributed by atoms with Gasteiger partial charge in [-0.3, -0.25) is 0 Å². The van der Waals surface area contributed by atoms with Crippen molar-refractivity contribution in [3.63, 3.8) is 0 Å². The number of hydrogen-bond acceptors (Lipinski definition) is 2. The van der Waals surface area contributed by atoms with Gasteiger partial charge in [0.2, 0.25) is 0 Å². The van der Waals surface area contributed by atoms with Gasteiger partial charge < -0.3 is 18.9 Å². The largest absolute Gasteiger partial charge is 0.311 e. The number of benzene rings is 12. The van der Waals surface area contributed by atoms with Crippen LogP contribution in [0.5, 0.6) is 0 Å². The molecule has 4 heterocycles. The Hall–Kier alpha value is -10.1. The summed E-state index contributed by atoms with van der Waals surface area (Å²) in [6.07, 6.45) is 0. The van der Waals surface area contributed by atoms with Crippen molar-refractivity contribution in [2.24, 2.45) is 0 Å². The Morgan fingerprint density at radius 1 is 0.200 bits per heavy atom. The van der Waals surface area contributed by atoms with E-state index in [1.165, 1.54) is 127 Å². The summed E-state index contributed by atoms with van der Waals surface area (Å²) in [5.41, 5.74) is 33.8. The van der Waals surface area contributed by atoms with Crippen LogP contribution in [0.3, 0.4) is 0 Å². The topological polar surface area (TPSA) is 16.3 Å². The molecule has 0 spiro atoms. The first-order valence-corrected chi connectivity index (χ1v) is 38.2. The molecule has 0 fully saturated rings. The van der Waals surface area contributed by atoms with Crippen LogP contribution < -0.4 is 26.2 Å². The third-order valence-corrected chi connectivity index (χ3v) is 23.1. The van der Waals surface area contributed by atoms with Gasteiger partial charge in [0.1, 0.15) is 0 Å². The van der Waals surface area contributed by atoms with E-state index in [-0.39, 0.29) is 44.6 Å². The van der Waals surface area contributed by atoms with E-state index in [0.29, 0.717) is 0 Å². The van der Waals surface area contributed by atoms with Gasteiger partial charge in [0.05, 0.1) is 22.1 Å². The smallest absolute Gasteiger partial charge is 0.252 e. The molecular weight excluding hydrogens is 1270 g/mol. The van der Waals surface area contributed by atoms with E-state index in [1.807, 2.05) is 0 Å². The van der Waals surface area contributed by atoms with Crippen LogP contribution in [0, 0.1) is 0 Å². The molecular formula is C100H103BN4. The monoisotopic (exact) mass is 1370 g/mol. The molecule has 0 unspecified atom stereocenters. The van der Waals surface area contributed by atoms with E-state index in [0.717, 1.165) is 51.1 Å². The minimum absolute atomic E-state index is 0.0242. The molecule has 12 aromatic carbocycles. The molecule has 0 saturated heterocycles. The normalized spacial score (nSPS) is 13.7. The lowest BCUT2D eigenvalue weighted by Crippen LogP contribution is -2.61. The second kappa shape index (κ2) is 24.2. The molecule has 2 aliphatic rings. The summed E-state index contributed by atoms with van der Waals surface area (Å²) in [4.78, 5) is 5.25. The fraction of sp³-hybridized carbons (Fsp3) is 0.280. The summed E-state index contributed by atoms with van der Waals surface area (Å²) in [6, 6.07) is 95.6. The van der Waals surface area contributed by atoms with E-state index in [9.17, 15) is 0 Å². The molecule has 4 nitrogen and oxygen atoms in total. The molecule has 0 radical (unpaired) electrons. The SMILES string of the molecule is CC(C)(C)c1ccc(-c2ccc(N3c4cc(-n5c6cc(C(C)(C)C)ccc6c6ccc(C(C)(C)C)cc65)ccc4B4c5ccc(-n6c7cc(C(C)(C)C)ccc7c7ccc(C(C)(C)C)cc76)cc5N(c5ccc(-c6ccc(C(C)(C)C)cc6)cc5)c5cc(-c6ccc(C(C)(C)C)cc6)cc3c54)cc2)cc1. The van der Waals surface area contributed by atoms with E-state index >= 15 is 0 Å². The fourth-order valence-corrected chi connectivity index (χ4v) is 16.5. The van der Waals surface area contributed by atoms with Gasteiger partial charge in [-0.05, 0) is 212 Å². The standard InChI is InChI=1S/C100H103BN4/c1-94(2,3)68-32-22-62(23-33-68)64-28-42-75(43-29-64)102-89-60-77(104-85-56-71(97(10,11)12)38-48-79(85)80-49-39-72(57-86(80)104)98(13,14)15)46-52-83(89)101-84-53-47-78(105-87-58-73(99(16,17)18)40-50-81(87)82-51-41-74(59-88(82)105)100(19,20)21)61-90(84)103(76-44-30-65(31-45-76)63-24-34-69(35-25-63)95(4,5)6)92-55-67(54-91(102)93(92)101)66-26-36-70(37-27-66)96(7,8)9/h22-61H,1-21H3. The van der Waals surface area contributed by atoms with Crippen LogP contribution in [-0.4, -0.2) is 15.8 Å². The zero-order valence-corrected chi connectivity index (χ0v) is 66.0. The zero-order valence-electron chi connectivity index (χ0n) is 66.0. The summed E-state index contributed by atoms with van der Waals surface area (Å²) >= 11 is 0. The van der Waals surface area contributed by atoms with Gasteiger partial charge in [-0.25, -0.2) is 0 Å². The van der Waals surface area contributed by atoms with Crippen molar-refractivity contribution in [1.82, 2.24) is 9.13 Å². The van der Waals surface area contributed by atoms with Gasteiger partial charge in [0.15, 0.2) is 0 Å². The number of rotatable bonds is 7. The Bertz CT molecular complexity index is 5300. The average Bonchev–Trinajstić information content (AvgIpc) is 0.993. The molecule has 0 saturated carbocycles. The van der Waals surface area contributed by atoms with Crippen molar-refractivity contribution >= 4 is 101 Å². The van der Waals surface area contributed by atoms with Crippen LogP contribution in [-0.2, 0) is 37.9 Å². The highest BCUT2D eigenvalue weighted by molar-refractivity contribution is 7.00. The molecule has 105 heavy (non-hydrogen) atoms. The van der Waals surface area contributed by atoms with E-state index in [1.54, 1.807) is 0 Å². The molecule has 0 bridgehead atoms. The second-order valence-corrected chi connectivity index (χ2v) is 37.7. The van der Waals surface area contributed by atoms with Crippen molar-refractivity contribution in [3.05, 3.63) is 282 Å². The van der Waals surface area contributed by atoms with Crippen LogP contribution in [0.1, 0.15) is 184 Å². The van der Waals surface area contributed by atoms with Gasteiger partial charge >= 0.3 is 0 Å². The third-order valence-electron chi connectivity index (χ3n) is 23.1. The van der Waals surface area contributed by atoms with E-state index < -0.39 is 0 Å². The van der Waals surface area contributed by atoms with Crippen molar-refractivity contribution in [2.75, 3.05) is 9.80 Å². The Morgan fingerprint density at radius 2 is 0.429 bits per heavy atom. The molecule has 0 atom stereocenters. The van der Waals surface area contributed by atoms with Gasteiger partial charge in [-0.1, -0.05) is 303 Å². The Labute approximate surface area is 625 Å². The first-order chi connectivity index (χ1) is 49.4. The predicted molar refractivity (Wildman–Crippen MR) is 456 cm³/mol. The summed E-state index contributed by atoms with van der Waals surface area (Å²) in [6.45, 7) is 48.6. The molecule has 16 rings (SSSR count). The molecule has 2 aromatic heterocycles. The van der Waals surface area contributed by atoms with Crippen molar-refractivity contribution in [3.8, 4) is 44.8 Å². The highest BCUT2D eigenvalue weighted by Crippen LogP contribution is 2.50. The maximum absolute atomic E-state index is 2.63. The van der Waals surface area contributed by atoms with Crippen molar-refractivity contribution < 1.29 is 0 Å². The number of hydrogen-bond donors (Lipinski definition) is 0. The number of anilines is 6. The minimum atomic E-state index is -0.176. The fourth-order valence-electron chi connectivity index (χ4n) is 16.5. The molecule has 526 valence electrons. The summed E-state index contributed by atoms with van der Waals surface area (Å²) in [5.74, 6) is 0. The minimum Gasteiger partial charge on any atom is -0.311 e. The highest BCUT2D eigenvalue weighted by Gasteiger charge is 2.45. The van der Waals surface area contributed by atoms with Crippen molar-refractivity contribution in [1.29, 1.82) is 0 Å². The van der Waals surface area contributed by atoms with Crippen LogP contribution in [0.2, 0.25) is 0 Å². The molecule has 0 amide bonds. The molecule has 5 heteroatoms. The Balaban J connectivity index is 1.01. The summed E-state index contributed by atoms with van der Waals surface area (Å²) in [5, 5.41) is 5.03. The lowest BCUT2D eigenvalue weighted by molar-refractivity contribution is 0.590. The van der Waals surface area contributed by atoms with Crippen LogP contribution in [0.25, 0.3) is 88.4 Å². The quantitative estimate of drug-likeness (QED) is 0.148. The number of fused-ring (bicyclic) bond motifs is 10. The van der Waals surface area contributed by atoms with Gasteiger partial charge in [-0.2, -0.15) is 0 Å². The zero-order chi connectivity index (χ0) is 74.1. The molecule has 0 N–H and O–H groups in total. The maximum atomic E-state index is 2.63. The number of nitrogens with zero attached hydrogens (tertiary/aromatic N) is 4. The van der Waals surface area contributed by atoms with E-state index in [4.69, 9.17) is 0 Å². The Morgan fingerprint density at radius 3 is 0.686 bits per heavy atom. The second-order valence-electron chi connectivity index (χ2n) is 37.7. The van der Waals surface area contributed by atoms with Crippen LogP contribution >= 0.6 is 0 Å². The van der Waals surface area contributed by atoms with E-state index in [2.05, 4.69) is 407 Å². The predicted octanol–water partition coefficient (Wildman–Crippen LogP) is 26.0. The van der Waals surface area contributed by atoms with Crippen LogP contribution in [0.4, 0.5) is 34.1 Å². The summed E-state index contributed by atoms with van der Waals surface area (Å²) in [7, 11) is 0. The Kier molecular flexibility index (Phi) is 16.0. The van der Waals surface area contributed by atoms with Gasteiger partial charge in [-0.15, -0.1) is 0 Å². The molecule has 0 aliphatic carbocycles. The van der Waals surface area contributed by atoms with Crippen LogP contribution in [0.15, 0.2) is 243 Å².